The van der Waals surface area contributed by atoms with E-state index in [1.807, 2.05) is 41.5 Å². The Kier molecular flexibility index (Phi) is 5.80. The summed E-state index contributed by atoms with van der Waals surface area (Å²) in [5.41, 5.74) is -0.330. The van der Waals surface area contributed by atoms with Crippen LogP contribution >= 0.6 is 11.6 Å². The number of halogens is 1. The number of hydrogen-bond donors (Lipinski definition) is 0. The Morgan fingerprint density at radius 3 is 1.95 bits per heavy atom. The predicted octanol–water partition coefficient (Wildman–Crippen LogP) is 4.92. The van der Waals surface area contributed by atoms with Crippen molar-refractivity contribution in [1.82, 2.24) is 0 Å². The molecule has 0 aliphatic carbocycles. The average molecular weight is 325 g/mol. The van der Waals surface area contributed by atoms with Gasteiger partial charge in [-0.2, -0.15) is 0 Å². The minimum absolute atomic E-state index is 0.0602. The number of rotatable bonds is 4. The molecule has 22 heavy (non-hydrogen) atoms. The lowest BCUT2D eigenvalue weighted by Crippen LogP contribution is -2.33. The van der Waals surface area contributed by atoms with Crippen LogP contribution in [-0.4, -0.2) is 17.4 Å². The van der Waals surface area contributed by atoms with Gasteiger partial charge in [-0.05, 0) is 50.5 Å². The molecule has 1 aromatic rings. The van der Waals surface area contributed by atoms with Gasteiger partial charge in [-0.15, -0.1) is 0 Å². The van der Waals surface area contributed by atoms with Crippen LogP contribution in [0.15, 0.2) is 24.3 Å². The number of carbonyl (C=O) groups is 2. The molecule has 0 saturated heterocycles. The minimum Gasteiger partial charge on any atom is -0.460 e. The molecule has 1 atom stereocenters. The molecule has 0 aromatic heterocycles. The summed E-state index contributed by atoms with van der Waals surface area (Å²) in [7, 11) is 0. The fourth-order valence-electron chi connectivity index (χ4n) is 2.16. The fraction of sp³-hybridized carbons (Fsp3) is 0.556. The highest BCUT2D eigenvalue weighted by molar-refractivity contribution is 6.30. The van der Waals surface area contributed by atoms with Crippen molar-refractivity contribution in [3.8, 4) is 0 Å². The molecule has 3 nitrogen and oxygen atoms in total. The molecule has 1 aromatic carbocycles. The third-order valence-electron chi connectivity index (χ3n) is 3.28. The zero-order valence-corrected chi connectivity index (χ0v) is 15.0. The smallest absolute Gasteiger partial charge is 0.307 e. The van der Waals surface area contributed by atoms with E-state index in [0.29, 0.717) is 10.6 Å². The molecular weight excluding hydrogens is 300 g/mol. The first-order valence-corrected chi connectivity index (χ1v) is 7.79. The van der Waals surface area contributed by atoms with E-state index in [0.717, 1.165) is 0 Å². The van der Waals surface area contributed by atoms with E-state index in [4.69, 9.17) is 16.3 Å². The van der Waals surface area contributed by atoms with Crippen LogP contribution in [0.25, 0.3) is 0 Å². The molecule has 0 aliphatic heterocycles. The zero-order valence-electron chi connectivity index (χ0n) is 14.2. The molecule has 0 fully saturated rings. The highest BCUT2D eigenvalue weighted by Gasteiger charge is 2.35. The van der Waals surface area contributed by atoms with E-state index in [1.54, 1.807) is 24.3 Å². The maximum absolute atomic E-state index is 12.8. The molecule has 0 bridgehead atoms. The van der Waals surface area contributed by atoms with Crippen LogP contribution in [-0.2, 0) is 9.53 Å². The summed E-state index contributed by atoms with van der Waals surface area (Å²) in [4.78, 5) is 24.9. The van der Waals surface area contributed by atoms with Crippen molar-refractivity contribution in [3.05, 3.63) is 34.9 Å². The van der Waals surface area contributed by atoms with Crippen molar-refractivity contribution < 1.29 is 14.3 Å². The monoisotopic (exact) mass is 324 g/mol. The Morgan fingerprint density at radius 2 is 1.55 bits per heavy atom. The second-order valence-electron chi connectivity index (χ2n) is 7.58. The molecule has 0 heterocycles. The number of esters is 1. The summed E-state index contributed by atoms with van der Waals surface area (Å²) in [6.07, 6.45) is 0.0717. The van der Waals surface area contributed by atoms with Gasteiger partial charge in [0.2, 0.25) is 0 Å². The standard InChI is InChI=1S/C18H25ClO3/c1-17(2,3)14(11-15(20)22-18(4,5)6)16(21)12-7-9-13(19)10-8-12/h7-10,14H,11H2,1-6H3. The SMILES string of the molecule is CC(C)(C)OC(=O)CC(C(=O)c1ccc(Cl)cc1)C(C)(C)C. The average Bonchev–Trinajstić information content (AvgIpc) is 2.32. The third kappa shape index (κ3) is 5.80. The quantitative estimate of drug-likeness (QED) is 0.583. The Morgan fingerprint density at radius 1 is 1.05 bits per heavy atom. The van der Waals surface area contributed by atoms with Crippen LogP contribution in [0.3, 0.4) is 0 Å². The van der Waals surface area contributed by atoms with E-state index >= 15 is 0 Å². The van der Waals surface area contributed by atoms with Gasteiger partial charge < -0.3 is 4.74 Å². The second-order valence-corrected chi connectivity index (χ2v) is 8.02. The molecule has 0 amide bonds. The van der Waals surface area contributed by atoms with Crippen LogP contribution in [0, 0.1) is 11.3 Å². The second kappa shape index (κ2) is 6.82. The number of ether oxygens (including phenoxy) is 1. The third-order valence-corrected chi connectivity index (χ3v) is 3.53. The maximum Gasteiger partial charge on any atom is 0.307 e. The molecule has 0 radical (unpaired) electrons. The molecular formula is C18H25ClO3. The summed E-state index contributed by atoms with van der Waals surface area (Å²) >= 11 is 5.86. The number of hydrogen-bond acceptors (Lipinski definition) is 3. The van der Waals surface area contributed by atoms with Crippen molar-refractivity contribution in [1.29, 1.82) is 0 Å². The van der Waals surface area contributed by atoms with Gasteiger partial charge in [-0.25, -0.2) is 0 Å². The first kappa shape index (κ1) is 18.7. The van der Waals surface area contributed by atoms with E-state index in [9.17, 15) is 9.59 Å². The first-order chi connectivity index (χ1) is 9.90. The highest BCUT2D eigenvalue weighted by Crippen LogP contribution is 2.33. The summed E-state index contributed by atoms with van der Waals surface area (Å²) in [5, 5.41) is 0.580. The molecule has 122 valence electrons. The highest BCUT2D eigenvalue weighted by atomic mass is 35.5. The number of benzene rings is 1. The molecule has 0 saturated carbocycles. The fourth-order valence-corrected chi connectivity index (χ4v) is 2.28. The van der Waals surface area contributed by atoms with Gasteiger partial charge in [0.15, 0.2) is 5.78 Å². The van der Waals surface area contributed by atoms with Crippen LogP contribution in [0.5, 0.6) is 0 Å². The predicted molar refractivity (Wildman–Crippen MR) is 89.2 cm³/mol. The van der Waals surface area contributed by atoms with Crippen molar-refractivity contribution in [2.24, 2.45) is 11.3 Å². The molecule has 0 N–H and O–H groups in total. The number of carbonyl (C=O) groups excluding carboxylic acids is 2. The summed E-state index contributed by atoms with van der Waals surface area (Å²) in [6.45, 7) is 11.3. The topological polar surface area (TPSA) is 43.4 Å². The van der Waals surface area contributed by atoms with Gasteiger partial charge >= 0.3 is 5.97 Å². The Balaban J connectivity index is 2.96. The van der Waals surface area contributed by atoms with E-state index in [2.05, 4.69) is 0 Å². The van der Waals surface area contributed by atoms with Crippen molar-refractivity contribution in [2.75, 3.05) is 0 Å². The van der Waals surface area contributed by atoms with Gasteiger partial charge in [-0.3, -0.25) is 9.59 Å². The lowest BCUT2D eigenvalue weighted by molar-refractivity contribution is -0.156. The van der Waals surface area contributed by atoms with Gasteiger partial charge in [-0.1, -0.05) is 32.4 Å². The zero-order chi connectivity index (χ0) is 17.1. The Labute approximate surface area is 138 Å². The first-order valence-electron chi connectivity index (χ1n) is 7.42. The molecule has 4 heteroatoms. The van der Waals surface area contributed by atoms with Crippen LogP contribution in [0.1, 0.15) is 58.3 Å². The normalized spacial score (nSPS) is 13.6. The van der Waals surface area contributed by atoms with Gasteiger partial charge in [0.25, 0.3) is 0 Å². The minimum atomic E-state index is -0.553. The van der Waals surface area contributed by atoms with Crippen molar-refractivity contribution in [3.63, 3.8) is 0 Å². The summed E-state index contributed by atoms with van der Waals surface area (Å²) in [5.74, 6) is -0.853. The van der Waals surface area contributed by atoms with Crippen LogP contribution in [0.2, 0.25) is 5.02 Å². The molecule has 0 spiro atoms. The largest absolute Gasteiger partial charge is 0.460 e. The van der Waals surface area contributed by atoms with Gasteiger partial charge in [0.1, 0.15) is 5.60 Å². The summed E-state index contributed by atoms with van der Waals surface area (Å²) in [6, 6.07) is 6.75. The Hall–Kier alpha value is -1.35. The Bertz CT molecular complexity index is 533. The molecule has 1 rings (SSSR count). The summed E-state index contributed by atoms with van der Waals surface area (Å²) < 4.78 is 5.36. The van der Waals surface area contributed by atoms with E-state index < -0.39 is 11.5 Å². The lowest BCUT2D eigenvalue weighted by atomic mass is 9.74. The van der Waals surface area contributed by atoms with Gasteiger partial charge in [0, 0.05) is 16.5 Å². The number of ketones is 1. The van der Waals surface area contributed by atoms with Crippen LogP contribution < -0.4 is 0 Å². The van der Waals surface area contributed by atoms with Crippen molar-refractivity contribution in [2.45, 2.75) is 53.6 Å². The molecule has 0 aliphatic rings. The van der Waals surface area contributed by atoms with Gasteiger partial charge in [0.05, 0.1) is 6.42 Å². The lowest BCUT2D eigenvalue weighted by Gasteiger charge is -2.30. The molecule has 1 unspecified atom stereocenters. The van der Waals surface area contributed by atoms with Crippen molar-refractivity contribution >= 4 is 23.4 Å². The number of Topliss-reactive ketones (excluding diaryl/α,β-unsaturated/α-hetero) is 1. The van der Waals surface area contributed by atoms with Crippen LogP contribution in [0.4, 0.5) is 0 Å². The van der Waals surface area contributed by atoms with E-state index in [-0.39, 0.29) is 23.6 Å². The van der Waals surface area contributed by atoms with E-state index in [1.165, 1.54) is 0 Å². The maximum atomic E-state index is 12.8.